The summed E-state index contributed by atoms with van der Waals surface area (Å²) in [7, 11) is 0. The van der Waals surface area contributed by atoms with Crippen molar-refractivity contribution in [1.29, 1.82) is 0 Å². The maximum absolute atomic E-state index is 11.3. The highest BCUT2D eigenvalue weighted by Gasteiger charge is 2.12. The maximum Gasteiger partial charge on any atom is 0.337 e. The zero-order valence-electron chi connectivity index (χ0n) is 12.7. The average Bonchev–Trinajstić information content (AvgIpc) is 2.47. The molecule has 0 aliphatic rings. The Morgan fingerprint density at radius 1 is 0.909 bits per heavy atom. The second-order valence-corrected chi connectivity index (χ2v) is 5.07. The first-order valence-electron chi connectivity index (χ1n) is 6.87. The predicted molar refractivity (Wildman–Crippen MR) is 86.9 cm³/mol. The van der Waals surface area contributed by atoms with Crippen LogP contribution in [0.4, 0.5) is 17.1 Å². The van der Waals surface area contributed by atoms with Gasteiger partial charge in [-0.25, -0.2) is 4.79 Å². The van der Waals surface area contributed by atoms with Crippen LogP contribution in [-0.4, -0.2) is 17.0 Å². The molecule has 5 heteroatoms. The lowest BCUT2D eigenvalue weighted by Gasteiger charge is -2.16. The molecule has 22 heavy (non-hydrogen) atoms. The van der Waals surface area contributed by atoms with E-state index in [4.69, 9.17) is 0 Å². The number of carbonyl (C=O) groups excluding carboxylic acids is 1. The Hall–Kier alpha value is -2.82. The number of nitrogens with one attached hydrogen (secondary N) is 2. The molecule has 114 valence electrons. The lowest BCUT2D eigenvalue weighted by molar-refractivity contribution is -0.114. The molecule has 2 rings (SSSR count). The van der Waals surface area contributed by atoms with Gasteiger partial charge < -0.3 is 15.7 Å². The second kappa shape index (κ2) is 6.30. The first-order valence-corrected chi connectivity index (χ1v) is 6.87. The van der Waals surface area contributed by atoms with Crippen molar-refractivity contribution in [2.45, 2.75) is 20.8 Å². The van der Waals surface area contributed by atoms with Crippen LogP contribution in [0.25, 0.3) is 0 Å². The van der Waals surface area contributed by atoms with Crippen molar-refractivity contribution in [3.05, 3.63) is 53.1 Å². The van der Waals surface area contributed by atoms with Gasteiger partial charge in [0.25, 0.3) is 0 Å². The van der Waals surface area contributed by atoms with Crippen molar-refractivity contribution in [1.82, 2.24) is 0 Å². The minimum absolute atomic E-state index is 0.126. The highest BCUT2D eigenvalue weighted by Crippen LogP contribution is 2.29. The molecule has 0 saturated heterocycles. The highest BCUT2D eigenvalue weighted by molar-refractivity contribution is 5.95. The molecular weight excluding hydrogens is 280 g/mol. The summed E-state index contributed by atoms with van der Waals surface area (Å²) in [5, 5.41) is 15.1. The number of aromatic carboxylic acids is 1. The van der Waals surface area contributed by atoms with E-state index in [1.165, 1.54) is 6.92 Å². The average molecular weight is 298 g/mol. The molecule has 1 amide bonds. The number of para-hydroxylation sites is 1. The molecule has 0 spiro atoms. The van der Waals surface area contributed by atoms with Crippen LogP contribution >= 0.6 is 0 Å². The zero-order valence-corrected chi connectivity index (χ0v) is 12.7. The highest BCUT2D eigenvalue weighted by atomic mass is 16.4. The Balaban J connectivity index is 2.37. The van der Waals surface area contributed by atoms with E-state index >= 15 is 0 Å². The summed E-state index contributed by atoms with van der Waals surface area (Å²) >= 11 is 0. The number of hydrogen-bond donors (Lipinski definition) is 3. The smallest absolute Gasteiger partial charge is 0.337 e. The summed E-state index contributed by atoms with van der Waals surface area (Å²) in [6, 6.07) is 10.4. The lowest BCUT2D eigenvalue weighted by Crippen LogP contribution is -2.09. The van der Waals surface area contributed by atoms with Crippen LogP contribution in [0, 0.1) is 13.8 Å². The predicted octanol–water partition coefficient (Wildman–Crippen LogP) is 3.70. The Bertz CT molecular complexity index is 739. The van der Waals surface area contributed by atoms with Crippen LogP contribution in [0.3, 0.4) is 0 Å². The Morgan fingerprint density at radius 3 is 2.14 bits per heavy atom. The van der Waals surface area contributed by atoms with Crippen molar-refractivity contribution in [2.24, 2.45) is 0 Å². The molecule has 2 aromatic carbocycles. The SMILES string of the molecule is CC(=O)Nc1ccc(Nc2ccccc2C(=O)O)c(C)c1C. The monoisotopic (exact) mass is 298 g/mol. The molecule has 0 aromatic heterocycles. The summed E-state index contributed by atoms with van der Waals surface area (Å²) in [6.07, 6.45) is 0. The fraction of sp³-hybridized carbons (Fsp3) is 0.176. The van der Waals surface area contributed by atoms with Crippen LogP contribution < -0.4 is 10.6 Å². The summed E-state index contributed by atoms with van der Waals surface area (Å²) in [6.45, 7) is 5.30. The third kappa shape index (κ3) is 3.25. The van der Waals surface area contributed by atoms with Gasteiger partial charge in [-0.3, -0.25) is 4.79 Å². The van der Waals surface area contributed by atoms with E-state index < -0.39 is 5.97 Å². The van der Waals surface area contributed by atoms with Crippen molar-refractivity contribution in [2.75, 3.05) is 10.6 Å². The Labute approximate surface area is 129 Å². The Kier molecular flexibility index (Phi) is 4.46. The van der Waals surface area contributed by atoms with Gasteiger partial charge in [-0.1, -0.05) is 12.1 Å². The van der Waals surface area contributed by atoms with Crippen molar-refractivity contribution in [3.8, 4) is 0 Å². The van der Waals surface area contributed by atoms with E-state index in [9.17, 15) is 14.7 Å². The number of amides is 1. The van der Waals surface area contributed by atoms with Crippen molar-refractivity contribution in [3.63, 3.8) is 0 Å². The minimum Gasteiger partial charge on any atom is -0.478 e. The summed E-state index contributed by atoms with van der Waals surface area (Å²) in [4.78, 5) is 22.4. The first kappa shape index (κ1) is 15.6. The Morgan fingerprint density at radius 2 is 1.50 bits per heavy atom. The third-order valence-electron chi connectivity index (χ3n) is 3.52. The van der Waals surface area contributed by atoms with Gasteiger partial charge in [0.1, 0.15) is 0 Å². The fourth-order valence-electron chi connectivity index (χ4n) is 2.20. The van der Waals surface area contributed by atoms with E-state index in [2.05, 4.69) is 10.6 Å². The quantitative estimate of drug-likeness (QED) is 0.804. The summed E-state index contributed by atoms with van der Waals surface area (Å²) in [5.74, 6) is -1.10. The first-order chi connectivity index (χ1) is 10.4. The second-order valence-electron chi connectivity index (χ2n) is 5.07. The van der Waals surface area contributed by atoms with E-state index in [0.29, 0.717) is 5.69 Å². The van der Waals surface area contributed by atoms with Gasteiger partial charge in [0.15, 0.2) is 0 Å². The molecule has 0 fully saturated rings. The number of benzene rings is 2. The normalized spacial score (nSPS) is 10.1. The lowest BCUT2D eigenvalue weighted by atomic mass is 10.0. The van der Waals surface area contributed by atoms with Gasteiger partial charge >= 0.3 is 5.97 Å². The molecule has 3 N–H and O–H groups in total. The molecule has 0 bridgehead atoms. The van der Waals surface area contributed by atoms with E-state index in [1.54, 1.807) is 30.3 Å². The number of rotatable bonds is 4. The number of anilines is 3. The van der Waals surface area contributed by atoms with Crippen LogP contribution in [0.2, 0.25) is 0 Å². The largest absolute Gasteiger partial charge is 0.478 e. The van der Waals surface area contributed by atoms with E-state index in [1.807, 2.05) is 19.9 Å². The van der Waals surface area contributed by atoms with Gasteiger partial charge in [-0.2, -0.15) is 0 Å². The van der Waals surface area contributed by atoms with E-state index in [-0.39, 0.29) is 11.5 Å². The zero-order chi connectivity index (χ0) is 16.3. The van der Waals surface area contributed by atoms with Crippen LogP contribution in [0.15, 0.2) is 36.4 Å². The van der Waals surface area contributed by atoms with Crippen LogP contribution in [0.1, 0.15) is 28.4 Å². The van der Waals surface area contributed by atoms with Gasteiger partial charge in [-0.15, -0.1) is 0 Å². The number of carboxylic acids is 1. The molecule has 0 unspecified atom stereocenters. The van der Waals surface area contributed by atoms with Gasteiger partial charge in [0.05, 0.1) is 11.3 Å². The molecule has 2 aromatic rings. The summed E-state index contributed by atoms with van der Waals surface area (Å²) < 4.78 is 0. The van der Waals surface area contributed by atoms with Gasteiger partial charge in [-0.05, 0) is 49.2 Å². The molecule has 0 aliphatic carbocycles. The van der Waals surface area contributed by atoms with Crippen molar-refractivity contribution < 1.29 is 14.7 Å². The molecule has 0 heterocycles. The fourth-order valence-corrected chi connectivity index (χ4v) is 2.20. The van der Waals surface area contributed by atoms with Gasteiger partial charge in [0.2, 0.25) is 5.91 Å². The molecule has 0 aliphatic heterocycles. The topological polar surface area (TPSA) is 78.4 Å². The molecule has 0 radical (unpaired) electrons. The van der Waals surface area contributed by atoms with Crippen molar-refractivity contribution >= 4 is 28.9 Å². The maximum atomic E-state index is 11.3. The molecule has 0 saturated carbocycles. The van der Waals surface area contributed by atoms with Crippen LogP contribution in [-0.2, 0) is 4.79 Å². The molecular formula is C17H18N2O3. The van der Waals surface area contributed by atoms with E-state index in [0.717, 1.165) is 22.5 Å². The van der Waals surface area contributed by atoms with Gasteiger partial charge in [0, 0.05) is 18.3 Å². The van der Waals surface area contributed by atoms with Crippen LogP contribution in [0.5, 0.6) is 0 Å². The molecule has 5 nitrogen and oxygen atoms in total. The number of hydrogen-bond acceptors (Lipinski definition) is 3. The number of carboxylic acid groups (broad SMARTS) is 1. The minimum atomic E-state index is -0.979. The standard InChI is InChI=1S/C17H18N2O3/c1-10-11(2)15(9-8-14(10)18-12(3)20)19-16-7-5-4-6-13(16)17(21)22/h4-9,19H,1-3H3,(H,18,20)(H,21,22). The third-order valence-corrected chi connectivity index (χ3v) is 3.52. The number of carbonyl (C=O) groups is 2. The summed E-state index contributed by atoms with van der Waals surface area (Å²) in [5.41, 5.74) is 4.19. The molecule has 0 atom stereocenters.